The van der Waals surface area contributed by atoms with E-state index in [2.05, 4.69) is 20.9 Å². The van der Waals surface area contributed by atoms with E-state index in [-0.39, 0.29) is 4.60 Å². The number of hydrogen-bond acceptors (Lipinski definition) is 3. The maximum absolute atomic E-state index is 12.3. The molecular formula is C7H3BrClF2NO2. The lowest BCUT2D eigenvalue weighted by atomic mass is 10.2. The maximum Gasteiger partial charge on any atom is 0.271 e. The molecule has 0 saturated heterocycles. The Labute approximate surface area is 90.8 Å². The molecule has 0 unspecified atom stereocenters. The molecule has 0 aliphatic rings. The van der Waals surface area contributed by atoms with E-state index < -0.39 is 28.7 Å². The smallest absolute Gasteiger partial charge is 0.271 e. The summed E-state index contributed by atoms with van der Waals surface area (Å²) in [7, 11) is 0. The van der Waals surface area contributed by atoms with E-state index in [1.165, 1.54) is 0 Å². The van der Waals surface area contributed by atoms with Gasteiger partial charge in [0.2, 0.25) is 0 Å². The predicted octanol–water partition coefficient (Wildman–Crippen LogP) is 2.87. The van der Waals surface area contributed by atoms with Gasteiger partial charge in [0.15, 0.2) is 0 Å². The van der Waals surface area contributed by atoms with Gasteiger partial charge in [-0.25, -0.2) is 13.8 Å². The van der Waals surface area contributed by atoms with Gasteiger partial charge >= 0.3 is 0 Å². The second kappa shape index (κ2) is 4.18. The number of nitrogens with zero attached hydrogens (tertiary/aromatic N) is 1. The van der Waals surface area contributed by atoms with Gasteiger partial charge in [-0.1, -0.05) is 0 Å². The summed E-state index contributed by atoms with van der Waals surface area (Å²) in [6.45, 7) is 0. The minimum atomic E-state index is -2.92. The van der Waals surface area contributed by atoms with Crippen molar-refractivity contribution in [1.29, 1.82) is 0 Å². The van der Waals surface area contributed by atoms with Gasteiger partial charge in [-0.3, -0.25) is 4.79 Å². The Morgan fingerprint density at radius 2 is 2.21 bits per heavy atom. The van der Waals surface area contributed by atoms with Crippen LogP contribution >= 0.6 is 27.5 Å². The van der Waals surface area contributed by atoms with Crippen LogP contribution in [0.4, 0.5) is 8.78 Å². The molecule has 3 nitrogen and oxygen atoms in total. The minimum Gasteiger partial charge on any atom is -0.505 e. The van der Waals surface area contributed by atoms with Gasteiger partial charge in [0.05, 0.1) is 5.56 Å². The summed E-state index contributed by atoms with van der Waals surface area (Å²) in [6, 6.07) is 0.747. The zero-order valence-electron chi connectivity index (χ0n) is 6.47. The first-order valence-electron chi connectivity index (χ1n) is 3.31. The van der Waals surface area contributed by atoms with Crippen molar-refractivity contribution in [2.75, 3.05) is 0 Å². The molecule has 1 N–H and O–H groups in total. The van der Waals surface area contributed by atoms with Crippen LogP contribution in [-0.4, -0.2) is 15.3 Å². The Kier molecular flexibility index (Phi) is 3.38. The Bertz CT molecular complexity index is 386. The molecule has 1 aromatic heterocycles. The van der Waals surface area contributed by atoms with Crippen molar-refractivity contribution in [2.24, 2.45) is 0 Å². The van der Waals surface area contributed by atoms with Crippen molar-refractivity contribution in [3.8, 4) is 5.75 Å². The molecule has 0 fully saturated rings. The third kappa shape index (κ3) is 2.19. The van der Waals surface area contributed by atoms with E-state index >= 15 is 0 Å². The van der Waals surface area contributed by atoms with Crippen molar-refractivity contribution in [3.63, 3.8) is 0 Å². The third-order valence-electron chi connectivity index (χ3n) is 1.41. The Hall–Kier alpha value is -0.750. The van der Waals surface area contributed by atoms with Crippen molar-refractivity contribution >= 4 is 32.8 Å². The van der Waals surface area contributed by atoms with Crippen LogP contribution < -0.4 is 0 Å². The van der Waals surface area contributed by atoms with Gasteiger partial charge in [0.25, 0.3) is 11.7 Å². The van der Waals surface area contributed by atoms with Gasteiger partial charge in [-0.2, -0.15) is 0 Å². The Morgan fingerprint density at radius 1 is 1.64 bits per heavy atom. The topological polar surface area (TPSA) is 50.2 Å². The molecule has 0 bridgehead atoms. The predicted molar refractivity (Wildman–Crippen MR) is 48.7 cm³/mol. The van der Waals surface area contributed by atoms with Gasteiger partial charge < -0.3 is 5.11 Å². The number of alkyl halides is 2. The standard InChI is InChI=1S/C7H3BrClF2NO2/c8-5-3(13)1-2(7(10)11)4(12-5)6(9)14/h1,7,13H. The number of halogens is 4. The zero-order chi connectivity index (χ0) is 10.9. The highest BCUT2D eigenvalue weighted by Gasteiger charge is 2.21. The summed E-state index contributed by atoms with van der Waals surface area (Å²) in [5.41, 5.74) is -1.25. The molecule has 0 saturated carbocycles. The van der Waals surface area contributed by atoms with E-state index in [9.17, 15) is 13.6 Å². The number of pyridine rings is 1. The average Bonchev–Trinajstić information content (AvgIpc) is 2.08. The summed E-state index contributed by atoms with van der Waals surface area (Å²) in [5, 5.41) is 7.96. The normalized spacial score (nSPS) is 10.6. The number of aromatic nitrogens is 1. The molecule has 1 rings (SSSR count). The number of carbonyl (C=O) groups is 1. The molecule has 14 heavy (non-hydrogen) atoms. The summed E-state index contributed by atoms with van der Waals surface area (Å²) in [6.07, 6.45) is -2.92. The van der Waals surface area contributed by atoms with Crippen LogP contribution in [0.1, 0.15) is 22.5 Å². The Morgan fingerprint density at radius 3 is 2.64 bits per heavy atom. The van der Waals surface area contributed by atoms with Crippen molar-refractivity contribution in [2.45, 2.75) is 6.43 Å². The molecule has 7 heteroatoms. The average molecular weight is 286 g/mol. The van der Waals surface area contributed by atoms with Crippen LogP contribution in [0.25, 0.3) is 0 Å². The number of hydrogen-bond donors (Lipinski definition) is 1. The van der Waals surface area contributed by atoms with Crippen molar-refractivity contribution in [3.05, 3.63) is 21.9 Å². The summed E-state index contributed by atoms with van der Waals surface area (Å²) in [5.74, 6) is -0.470. The molecular weight excluding hydrogens is 283 g/mol. The molecule has 76 valence electrons. The first kappa shape index (κ1) is 11.3. The monoisotopic (exact) mass is 285 g/mol. The van der Waals surface area contributed by atoms with Gasteiger partial charge in [-0.05, 0) is 33.6 Å². The van der Waals surface area contributed by atoms with E-state index in [4.69, 9.17) is 16.7 Å². The highest BCUT2D eigenvalue weighted by molar-refractivity contribution is 9.10. The fourth-order valence-corrected chi connectivity index (χ4v) is 1.26. The molecule has 0 radical (unpaired) electrons. The number of carbonyl (C=O) groups excluding carboxylic acids is 1. The molecule has 0 aliphatic carbocycles. The lowest BCUT2D eigenvalue weighted by Crippen LogP contribution is -2.02. The van der Waals surface area contributed by atoms with Crippen LogP contribution in [0.3, 0.4) is 0 Å². The molecule has 0 aromatic carbocycles. The van der Waals surface area contributed by atoms with Crippen LogP contribution in [0, 0.1) is 0 Å². The van der Waals surface area contributed by atoms with Gasteiger partial charge in [0.1, 0.15) is 16.0 Å². The van der Waals surface area contributed by atoms with Crippen LogP contribution in [0.15, 0.2) is 10.7 Å². The highest BCUT2D eigenvalue weighted by Crippen LogP contribution is 2.30. The fourth-order valence-electron chi connectivity index (χ4n) is 0.819. The third-order valence-corrected chi connectivity index (χ3v) is 2.17. The quantitative estimate of drug-likeness (QED) is 0.672. The maximum atomic E-state index is 12.3. The number of aromatic hydroxyl groups is 1. The summed E-state index contributed by atoms with van der Waals surface area (Å²) >= 11 is 7.82. The summed E-state index contributed by atoms with van der Waals surface area (Å²) in [4.78, 5) is 14.1. The summed E-state index contributed by atoms with van der Waals surface area (Å²) < 4.78 is 24.5. The van der Waals surface area contributed by atoms with E-state index in [1.807, 2.05) is 0 Å². The highest BCUT2D eigenvalue weighted by atomic mass is 79.9. The number of rotatable bonds is 2. The minimum absolute atomic E-state index is 0.106. The lowest BCUT2D eigenvalue weighted by molar-refractivity contribution is 0.106. The Balaban J connectivity index is 3.39. The second-order valence-electron chi connectivity index (χ2n) is 2.31. The molecule has 0 amide bonds. The molecule has 0 spiro atoms. The first-order valence-corrected chi connectivity index (χ1v) is 4.48. The van der Waals surface area contributed by atoms with Crippen LogP contribution in [0.2, 0.25) is 0 Å². The molecule has 1 aromatic rings. The molecule has 0 atom stereocenters. The van der Waals surface area contributed by atoms with E-state index in [1.54, 1.807) is 0 Å². The van der Waals surface area contributed by atoms with Gasteiger partial charge in [-0.15, -0.1) is 0 Å². The first-order chi connectivity index (χ1) is 6.43. The largest absolute Gasteiger partial charge is 0.505 e. The van der Waals surface area contributed by atoms with Crippen LogP contribution in [0.5, 0.6) is 5.75 Å². The zero-order valence-corrected chi connectivity index (χ0v) is 8.81. The molecule has 1 heterocycles. The molecule has 0 aliphatic heterocycles. The van der Waals surface area contributed by atoms with E-state index in [0.29, 0.717) is 0 Å². The van der Waals surface area contributed by atoms with Crippen molar-refractivity contribution < 1.29 is 18.7 Å². The SMILES string of the molecule is O=C(Cl)c1nc(Br)c(O)cc1C(F)F. The fraction of sp³-hybridized carbons (Fsp3) is 0.143. The van der Waals surface area contributed by atoms with Crippen LogP contribution in [-0.2, 0) is 0 Å². The second-order valence-corrected chi connectivity index (χ2v) is 3.40. The van der Waals surface area contributed by atoms with E-state index in [0.717, 1.165) is 6.07 Å². The van der Waals surface area contributed by atoms with Gasteiger partial charge in [0, 0.05) is 0 Å². The van der Waals surface area contributed by atoms with Crippen molar-refractivity contribution in [1.82, 2.24) is 4.98 Å². The lowest BCUT2D eigenvalue weighted by Gasteiger charge is -2.05.